The van der Waals surface area contributed by atoms with Gasteiger partial charge in [0.15, 0.2) is 0 Å². The van der Waals surface area contributed by atoms with Gasteiger partial charge in [-0.3, -0.25) is 4.79 Å². The van der Waals surface area contributed by atoms with Crippen LogP contribution in [0.3, 0.4) is 0 Å². The van der Waals surface area contributed by atoms with Crippen molar-refractivity contribution in [2.45, 2.75) is 32.7 Å². The molecule has 2 amide bonds. The summed E-state index contributed by atoms with van der Waals surface area (Å²) in [6.07, 6.45) is 4.49. The van der Waals surface area contributed by atoms with E-state index in [0.717, 1.165) is 25.0 Å². The number of aryl methyl sites for hydroxylation is 1. The number of hydrogen-bond acceptors (Lipinski definition) is 4. The number of oxazole rings is 1. The molecule has 1 aromatic heterocycles. The van der Waals surface area contributed by atoms with Crippen LogP contribution in [-0.4, -0.2) is 40.1 Å². The molecule has 0 bridgehead atoms. The molecular weight excluding hydrogens is 262 g/mol. The zero-order valence-electron chi connectivity index (χ0n) is 11.5. The second-order valence-electron chi connectivity index (χ2n) is 4.95. The van der Waals surface area contributed by atoms with E-state index >= 15 is 0 Å². The van der Waals surface area contributed by atoms with E-state index in [0.29, 0.717) is 18.4 Å². The first kappa shape index (κ1) is 14.4. The molecule has 1 saturated carbocycles. The molecule has 0 radical (unpaired) electrons. The maximum Gasteiger partial charge on any atom is 0.323 e. The lowest BCUT2D eigenvalue weighted by Crippen LogP contribution is -2.43. The lowest BCUT2D eigenvalue weighted by molar-refractivity contribution is -0.137. The fourth-order valence-electron chi connectivity index (χ4n) is 1.85. The van der Waals surface area contributed by atoms with Crippen LogP contribution in [0.5, 0.6) is 0 Å². The summed E-state index contributed by atoms with van der Waals surface area (Å²) in [7, 11) is 0. The summed E-state index contributed by atoms with van der Waals surface area (Å²) in [6, 6.07) is -0.393. The van der Waals surface area contributed by atoms with Crippen LogP contribution in [0, 0.1) is 5.92 Å². The third-order valence-electron chi connectivity index (χ3n) is 3.13. The molecule has 1 aliphatic carbocycles. The molecule has 20 heavy (non-hydrogen) atoms. The van der Waals surface area contributed by atoms with Gasteiger partial charge in [0, 0.05) is 13.0 Å². The van der Waals surface area contributed by atoms with E-state index in [1.807, 2.05) is 6.92 Å². The van der Waals surface area contributed by atoms with Gasteiger partial charge in [0.25, 0.3) is 0 Å². The van der Waals surface area contributed by atoms with Gasteiger partial charge in [0.05, 0.1) is 12.7 Å². The highest BCUT2D eigenvalue weighted by Crippen LogP contribution is 2.29. The third-order valence-corrected chi connectivity index (χ3v) is 3.13. The summed E-state index contributed by atoms with van der Waals surface area (Å²) in [5.74, 6) is 0.616. The Morgan fingerprint density at radius 3 is 2.85 bits per heavy atom. The van der Waals surface area contributed by atoms with Crippen molar-refractivity contribution < 1.29 is 19.1 Å². The second kappa shape index (κ2) is 6.40. The number of aliphatic carboxylic acids is 1. The predicted molar refractivity (Wildman–Crippen MR) is 70.0 cm³/mol. The molecule has 0 aromatic carbocycles. The third kappa shape index (κ3) is 4.25. The van der Waals surface area contributed by atoms with Crippen LogP contribution in [0.1, 0.15) is 31.4 Å². The Morgan fingerprint density at radius 2 is 2.30 bits per heavy atom. The van der Waals surface area contributed by atoms with Crippen LogP contribution in [0.4, 0.5) is 4.79 Å². The zero-order valence-corrected chi connectivity index (χ0v) is 11.5. The summed E-state index contributed by atoms with van der Waals surface area (Å²) in [5, 5.41) is 11.5. The van der Waals surface area contributed by atoms with Gasteiger partial charge >= 0.3 is 12.0 Å². The minimum atomic E-state index is -1.01. The number of hydrogen-bond donors (Lipinski definition) is 2. The molecule has 7 nitrogen and oxygen atoms in total. The van der Waals surface area contributed by atoms with Crippen molar-refractivity contribution >= 4 is 12.0 Å². The predicted octanol–water partition coefficient (Wildman–Crippen LogP) is 1.24. The van der Waals surface area contributed by atoms with Crippen molar-refractivity contribution in [2.75, 3.05) is 13.1 Å². The number of carbonyl (C=O) groups is 2. The number of nitrogens with zero attached hydrogens (tertiary/aromatic N) is 2. The van der Waals surface area contributed by atoms with E-state index in [-0.39, 0.29) is 13.1 Å². The quantitative estimate of drug-likeness (QED) is 0.784. The van der Waals surface area contributed by atoms with Crippen LogP contribution in [0.25, 0.3) is 0 Å². The fraction of sp³-hybridized carbons (Fsp3) is 0.615. The lowest BCUT2D eigenvalue weighted by Gasteiger charge is -2.20. The molecule has 0 spiro atoms. The van der Waals surface area contributed by atoms with Crippen molar-refractivity contribution in [3.63, 3.8) is 0 Å². The lowest BCUT2D eigenvalue weighted by atomic mass is 10.3. The van der Waals surface area contributed by atoms with Crippen molar-refractivity contribution in [2.24, 2.45) is 5.92 Å². The van der Waals surface area contributed by atoms with Crippen LogP contribution >= 0.6 is 0 Å². The Bertz CT molecular complexity index is 482. The Hall–Kier alpha value is -2.05. The number of carboxylic acid groups (broad SMARTS) is 1. The van der Waals surface area contributed by atoms with Gasteiger partial charge in [-0.15, -0.1) is 0 Å². The molecule has 110 valence electrons. The molecule has 2 N–H and O–H groups in total. The standard InChI is InChI=1S/C13H19N3O4/c1-2-10-5-14-11(20-10)6-15-13(19)16(8-12(17)18)7-9-3-4-9/h5,9H,2-4,6-8H2,1H3,(H,15,19)(H,17,18). The van der Waals surface area contributed by atoms with E-state index in [1.165, 1.54) is 4.90 Å². The minimum absolute atomic E-state index is 0.166. The van der Waals surface area contributed by atoms with Gasteiger partial charge in [-0.1, -0.05) is 6.92 Å². The first-order chi connectivity index (χ1) is 9.58. The van der Waals surface area contributed by atoms with Crippen molar-refractivity contribution in [1.29, 1.82) is 0 Å². The smallest absolute Gasteiger partial charge is 0.323 e. The first-order valence-electron chi connectivity index (χ1n) is 6.76. The average molecular weight is 281 g/mol. The highest BCUT2D eigenvalue weighted by Gasteiger charge is 2.27. The number of carbonyl (C=O) groups excluding carboxylic acids is 1. The number of amides is 2. The van der Waals surface area contributed by atoms with Crippen molar-refractivity contribution in [1.82, 2.24) is 15.2 Å². The Kier molecular flexibility index (Phi) is 4.60. The summed E-state index contributed by atoms with van der Waals surface area (Å²) in [4.78, 5) is 28.1. The van der Waals surface area contributed by atoms with E-state index in [2.05, 4.69) is 10.3 Å². The molecule has 0 aliphatic heterocycles. The topological polar surface area (TPSA) is 95.7 Å². The van der Waals surface area contributed by atoms with E-state index in [1.54, 1.807) is 6.20 Å². The maximum atomic E-state index is 12.0. The molecule has 1 aromatic rings. The van der Waals surface area contributed by atoms with Crippen LogP contribution in [0.2, 0.25) is 0 Å². The van der Waals surface area contributed by atoms with E-state index < -0.39 is 12.0 Å². The van der Waals surface area contributed by atoms with Crippen molar-refractivity contribution in [3.05, 3.63) is 17.8 Å². The Labute approximate surface area is 117 Å². The number of carboxylic acids is 1. The largest absolute Gasteiger partial charge is 0.480 e. The van der Waals surface area contributed by atoms with Crippen LogP contribution in [-0.2, 0) is 17.8 Å². The molecule has 7 heteroatoms. The maximum absolute atomic E-state index is 12.0. The number of aromatic nitrogens is 1. The molecule has 2 rings (SSSR count). The van der Waals surface area contributed by atoms with E-state index in [4.69, 9.17) is 9.52 Å². The van der Waals surface area contributed by atoms with Gasteiger partial charge in [0.1, 0.15) is 12.3 Å². The normalized spacial score (nSPS) is 14.1. The highest BCUT2D eigenvalue weighted by atomic mass is 16.4. The van der Waals surface area contributed by atoms with Gasteiger partial charge in [-0.05, 0) is 18.8 Å². The number of urea groups is 1. The molecule has 1 heterocycles. The summed E-state index contributed by atoms with van der Waals surface area (Å²) in [6.45, 7) is 2.32. The Morgan fingerprint density at radius 1 is 1.55 bits per heavy atom. The Balaban J connectivity index is 1.84. The van der Waals surface area contributed by atoms with Crippen LogP contribution in [0.15, 0.2) is 10.6 Å². The molecule has 0 saturated heterocycles. The van der Waals surface area contributed by atoms with Crippen LogP contribution < -0.4 is 5.32 Å². The van der Waals surface area contributed by atoms with Gasteiger partial charge in [-0.25, -0.2) is 9.78 Å². The minimum Gasteiger partial charge on any atom is -0.480 e. The first-order valence-corrected chi connectivity index (χ1v) is 6.76. The fourth-order valence-corrected chi connectivity index (χ4v) is 1.85. The summed E-state index contributed by atoms with van der Waals surface area (Å²) < 4.78 is 5.38. The summed E-state index contributed by atoms with van der Waals surface area (Å²) in [5.41, 5.74) is 0. The molecule has 1 fully saturated rings. The van der Waals surface area contributed by atoms with Gasteiger partial charge in [0.2, 0.25) is 5.89 Å². The van der Waals surface area contributed by atoms with Gasteiger partial charge in [-0.2, -0.15) is 0 Å². The molecule has 1 aliphatic rings. The SMILES string of the molecule is CCc1cnc(CNC(=O)N(CC(=O)O)CC2CC2)o1. The zero-order chi connectivity index (χ0) is 14.5. The molecule has 0 unspecified atom stereocenters. The average Bonchev–Trinajstić information content (AvgIpc) is 3.10. The molecule has 0 atom stereocenters. The highest BCUT2D eigenvalue weighted by molar-refractivity contribution is 5.80. The number of rotatable bonds is 7. The van der Waals surface area contributed by atoms with E-state index in [9.17, 15) is 9.59 Å². The summed E-state index contributed by atoms with van der Waals surface area (Å²) >= 11 is 0. The number of nitrogens with one attached hydrogen (secondary N) is 1. The van der Waals surface area contributed by atoms with Crippen molar-refractivity contribution in [3.8, 4) is 0 Å². The molecular formula is C13H19N3O4. The van der Waals surface area contributed by atoms with Gasteiger partial charge < -0.3 is 19.7 Å². The second-order valence-corrected chi connectivity index (χ2v) is 4.95. The monoisotopic (exact) mass is 281 g/mol.